The quantitative estimate of drug-likeness (QED) is 0.107. The predicted molar refractivity (Wildman–Crippen MR) is 218 cm³/mol. The van der Waals surface area contributed by atoms with Crippen LogP contribution in [0.4, 0.5) is 0 Å². The first kappa shape index (κ1) is 38.0. The van der Waals surface area contributed by atoms with Crippen molar-refractivity contribution in [3.8, 4) is 0 Å². The number of aliphatic hydroxyl groups is 1. The molecule has 1 aliphatic carbocycles. The molecule has 1 saturated heterocycles. The van der Waals surface area contributed by atoms with Gasteiger partial charge in [-0.2, -0.15) is 0 Å². The Morgan fingerprint density at radius 3 is 1.64 bits per heavy atom. The summed E-state index contributed by atoms with van der Waals surface area (Å²) in [6, 6.07) is 53.1. The van der Waals surface area contributed by atoms with Crippen LogP contribution in [0, 0.1) is 6.92 Å². The molecule has 1 unspecified atom stereocenters. The fourth-order valence-corrected chi connectivity index (χ4v) is 7.75. The topological polar surface area (TPSA) is 66.4 Å². The Hall–Kier alpha value is -4.92. The van der Waals surface area contributed by atoms with Crippen molar-refractivity contribution in [1.82, 2.24) is 0 Å². The van der Waals surface area contributed by atoms with Crippen LogP contribution in [0.3, 0.4) is 0 Å². The molecule has 1 aliphatic heterocycles. The van der Waals surface area contributed by atoms with Crippen molar-refractivity contribution in [1.29, 1.82) is 0 Å². The Labute approximate surface area is 330 Å². The Morgan fingerprint density at radius 2 is 1.09 bits per heavy atom. The number of hydrogen-bond acceptors (Lipinski definition) is 6. The van der Waals surface area contributed by atoms with Gasteiger partial charge in [-0.15, -0.1) is 0 Å². The smallest absolute Gasteiger partial charge is 0.222 e. The molecule has 6 aromatic rings. The fraction of sp³-hybridized carbons (Fsp3) is 0.280. The molecule has 6 nitrogen and oxygen atoms in total. The van der Waals surface area contributed by atoms with E-state index >= 15 is 0 Å². The summed E-state index contributed by atoms with van der Waals surface area (Å²) in [5.41, 5.74) is 11.0. The lowest BCUT2D eigenvalue weighted by molar-refractivity contribution is -0.378. The number of benzene rings is 6. The average molecular weight is 747 g/mol. The molecule has 0 bridgehead atoms. The zero-order valence-electron chi connectivity index (χ0n) is 32.0. The lowest BCUT2D eigenvalue weighted by atomic mass is 9.84. The minimum Gasteiger partial charge on any atom is -0.374 e. The van der Waals surface area contributed by atoms with Gasteiger partial charge in [0, 0.05) is 5.56 Å². The Balaban J connectivity index is 1.18. The van der Waals surface area contributed by atoms with Crippen LogP contribution in [0.15, 0.2) is 158 Å². The molecule has 0 amide bonds. The van der Waals surface area contributed by atoms with Gasteiger partial charge in [-0.05, 0) is 82.3 Å². The van der Waals surface area contributed by atoms with Crippen LogP contribution in [0.25, 0.3) is 0 Å². The van der Waals surface area contributed by atoms with Crippen LogP contribution in [0.1, 0.15) is 55.6 Å². The lowest BCUT2D eigenvalue weighted by Crippen LogP contribution is -2.65. The van der Waals surface area contributed by atoms with Crippen LogP contribution in [-0.2, 0) is 75.2 Å². The zero-order valence-corrected chi connectivity index (χ0v) is 32.0. The molecule has 1 N–H and O–H groups in total. The van der Waals surface area contributed by atoms with Gasteiger partial charge in [-0.25, -0.2) is 0 Å². The minimum atomic E-state index is -1.92. The highest BCUT2D eigenvalue weighted by Gasteiger charge is 2.57. The van der Waals surface area contributed by atoms with Crippen molar-refractivity contribution in [3.05, 3.63) is 213 Å². The molecule has 286 valence electrons. The van der Waals surface area contributed by atoms with Crippen molar-refractivity contribution in [2.45, 2.75) is 82.8 Å². The number of rotatable bonds is 16. The largest absolute Gasteiger partial charge is 0.374 e. The standard InChI is InChI=1S/C50H50O6/c1-36-22-27-45(30-44(36)29-41-23-24-42-25-26-43(42)28-41)50(51)49(55-34-40-20-12-5-13-21-40)48(54-33-39-18-10-4-11-19-39)47(53-32-38-16-8-3-9-17-38)46(56-50)35-52-31-37-14-6-2-7-15-37/h2-24,27-28,30,46-49,51H,25-26,29,31-35H2,1H3/t46-,47-,48+,49-,50?/m1/s1. The van der Waals surface area contributed by atoms with Gasteiger partial charge in [-0.1, -0.05) is 152 Å². The maximum atomic E-state index is 13.3. The maximum Gasteiger partial charge on any atom is 0.222 e. The molecule has 0 spiro atoms. The van der Waals surface area contributed by atoms with E-state index in [1.54, 1.807) is 0 Å². The summed E-state index contributed by atoms with van der Waals surface area (Å²) >= 11 is 0. The van der Waals surface area contributed by atoms with Gasteiger partial charge in [0.25, 0.3) is 0 Å². The van der Waals surface area contributed by atoms with Gasteiger partial charge in [-0.3, -0.25) is 0 Å². The molecule has 1 fully saturated rings. The summed E-state index contributed by atoms with van der Waals surface area (Å²) in [4.78, 5) is 0. The minimum absolute atomic E-state index is 0.154. The monoisotopic (exact) mass is 746 g/mol. The first-order valence-electron chi connectivity index (χ1n) is 19.7. The summed E-state index contributed by atoms with van der Waals surface area (Å²) in [6.45, 7) is 3.48. The highest BCUT2D eigenvalue weighted by atomic mass is 16.7. The summed E-state index contributed by atoms with van der Waals surface area (Å²) in [6.07, 6.45) is -0.112. The van der Waals surface area contributed by atoms with Crippen molar-refractivity contribution in [2.75, 3.05) is 6.61 Å². The van der Waals surface area contributed by atoms with E-state index < -0.39 is 30.2 Å². The maximum absolute atomic E-state index is 13.3. The fourth-order valence-electron chi connectivity index (χ4n) is 7.75. The summed E-state index contributed by atoms with van der Waals surface area (Å²) in [5.74, 6) is -1.92. The SMILES string of the molecule is Cc1ccc(C2(O)O[C@H](COCc3ccccc3)[C@@H](OCc3ccccc3)[C@H](OCc3ccccc3)[C@H]2OCc2ccccc2)cc1Cc1ccc2c(c1)CC2. The molecule has 6 aromatic carbocycles. The van der Waals surface area contributed by atoms with E-state index in [0.29, 0.717) is 18.8 Å². The average Bonchev–Trinajstić information content (AvgIpc) is 3.22. The molecule has 56 heavy (non-hydrogen) atoms. The third-order valence-electron chi connectivity index (χ3n) is 11.0. The number of fused-ring (bicyclic) bond motifs is 1. The first-order valence-corrected chi connectivity index (χ1v) is 19.7. The molecule has 6 heteroatoms. The Bertz CT molecular complexity index is 2140. The third kappa shape index (κ3) is 9.03. The van der Waals surface area contributed by atoms with Crippen LogP contribution in [0.5, 0.6) is 0 Å². The highest BCUT2D eigenvalue weighted by Crippen LogP contribution is 2.42. The van der Waals surface area contributed by atoms with Crippen molar-refractivity contribution < 1.29 is 28.8 Å². The normalized spacial score (nSPS) is 21.6. The van der Waals surface area contributed by atoms with Crippen molar-refractivity contribution in [2.24, 2.45) is 0 Å². The van der Waals surface area contributed by atoms with E-state index in [0.717, 1.165) is 52.6 Å². The first-order chi connectivity index (χ1) is 27.5. The molecule has 0 radical (unpaired) electrons. The number of hydrogen-bond donors (Lipinski definition) is 1. The van der Waals surface area contributed by atoms with Crippen LogP contribution in [-0.4, -0.2) is 36.1 Å². The number of aryl methyl sites for hydroxylation is 3. The van der Waals surface area contributed by atoms with Gasteiger partial charge in [0.1, 0.15) is 24.4 Å². The van der Waals surface area contributed by atoms with E-state index in [1.807, 2.05) is 127 Å². The second-order valence-corrected chi connectivity index (χ2v) is 15.0. The van der Waals surface area contributed by atoms with E-state index in [1.165, 1.54) is 16.7 Å². The zero-order chi connectivity index (χ0) is 38.2. The molecular formula is C50H50O6. The molecular weight excluding hydrogens is 697 g/mol. The van der Waals surface area contributed by atoms with Crippen molar-refractivity contribution >= 4 is 0 Å². The van der Waals surface area contributed by atoms with Gasteiger partial charge >= 0.3 is 0 Å². The van der Waals surface area contributed by atoms with E-state index in [9.17, 15) is 5.11 Å². The van der Waals surface area contributed by atoms with Crippen LogP contribution in [0.2, 0.25) is 0 Å². The summed E-state index contributed by atoms with van der Waals surface area (Å²) in [5, 5.41) is 13.3. The molecule has 0 aromatic heterocycles. The lowest BCUT2D eigenvalue weighted by Gasteiger charge is -2.50. The second kappa shape index (κ2) is 17.9. The van der Waals surface area contributed by atoms with E-state index in [2.05, 4.69) is 37.3 Å². The molecule has 8 rings (SSSR count). The Kier molecular flexibility index (Phi) is 12.1. The van der Waals surface area contributed by atoms with Gasteiger partial charge in [0.2, 0.25) is 5.79 Å². The molecule has 1 heterocycles. The summed E-state index contributed by atoms with van der Waals surface area (Å²) in [7, 11) is 0. The molecule has 2 aliphatic rings. The van der Waals surface area contributed by atoms with Gasteiger partial charge < -0.3 is 28.8 Å². The number of ether oxygens (including phenoxy) is 5. The van der Waals surface area contributed by atoms with Gasteiger partial charge in [0.15, 0.2) is 0 Å². The Morgan fingerprint density at radius 1 is 0.554 bits per heavy atom. The van der Waals surface area contributed by atoms with E-state index in [4.69, 9.17) is 23.7 Å². The predicted octanol–water partition coefficient (Wildman–Crippen LogP) is 9.20. The second-order valence-electron chi connectivity index (χ2n) is 15.0. The van der Waals surface area contributed by atoms with Crippen molar-refractivity contribution in [3.63, 3.8) is 0 Å². The molecule has 0 saturated carbocycles. The van der Waals surface area contributed by atoms with Crippen LogP contribution >= 0.6 is 0 Å². The summed E-state index contributed by atoms with van der Waals surface area (Å²) < 4.78 is 33.9. The highest BCUT2D eigenvalue weighted by molar-refractivity contribution is 5.43. The molecule has 5 atom stereocenters. The third-order valence-corrected chi connectivity index (χ3v) is 11.0. The van der Waals surface area contributed by atoms with Gasteiger partial charge in [0.05, 0.1) is 33.0 Å². The van der Waals surface area contributed by atoms with Crippen LogP contribution < -0.4 is 0 Å². The van der Waals surface area contributed by atoms with E-state index in [-0.39, 0.29) is 19.8 Å².